The van der Waals surface area contributed by atoms with Gasteiger partial charge in [0, 0.05) is 69.6 Å². The highest BCUT2D eigenvalue weighted by Gasteiger charge is 2.39. The molecular weight excluding hydrogens is 663 g/mol. The molecule has 0 spiro atoms. The van der Waals surface area contributed by atoms with E-state index in [1.165, 1.54) is 70.6 Å². The Bertz CT molecular complexity index is 1430. The van der Waals surface area contributed by atoms with Gasteiger partial charge in [-0.1, -0.05) is 139 Å². The smallest absolute Gasteiger partial charge is 0.225 e. The average molecular weight is 728 g/mol. The van der Waals surface area contributed by atoms with Gasteiger partial charge in [-0.25, -0.2) is 9.97 Å². The van der Waals surface area contributed by atoms with Crippen molar-refractivity contribution in [2.45, 2.75) is 135 Å². The summed E-state index contributed by atoms with van der Waals surface area (Å²) in [5.41, 5.74) is 3.99. The number of anilines is 1. The zero-order valence-corrected chi connectivity index (χ0v) is 32.5. The average Bonchev–Trinajstić information content (AvgIpc) is 3.20. The number of ether oxygens (including phenoxy) is 2. The second-order valence-electron chi connectivity index (χ2n) is 15.2. The number of aliphatic hydroxyl groups is 1. The lowest BCUT2D eigenvalue weighted by Crippen LogP contribution is -2.51. The maximum Gasteiger partial charge on any atom is 0.225 e. The number of benzene rings is 2. The van der Waals surface area contributed by atoms with Crippen molar-refractivity contribution < 1.29 is 19.4 Å². The Hall–Kier alpha value is -3.37. The van der Waals surface area contributed by atoms with Crippen LogP contribution in [0.25, 0.3) is 0 Å². The van der Waals surface area contributed by atoms with Gasteiger partial charge >= 0.3 is 0 Å². The van der Waals surface area contributed by atoms with Crippen molar-refractivity contribution in [2.24, 2.45) is 5.92 Å². The van der Waals surface area contributed by atoms with Gasteiger partial charge in [-0.3, -0.25) is 9.69 Å². The number of carbonyl (C=O) groups excluding carboxylic acids is 1. The van der Waals surface area contributed by atoms with Crippen molar-refractivity contribution in [3.8, 4) is 0 Å². The van der Waals surface area contributed by atoms with Crippen molar-refractivity contribution in [2.75, 3.05) is 37.6 Å². The largest absolute Gasteiger partial charge is 0.392 e. The van der Waals surface area contributed by atoms with E-state index in [1.54, 1.807) is 12.4 Å². The van der Waals surface area contributed by atoms with E-state index in [4.69, 9.17) is 9.47 Å². The fourth-order valence-corrected chi connectivity index (χ4v) is 7.55. The van der Waals surface area contributed by atoms with E-state index in [0.717, 1.165) is 73.8 Å². The van der Waals surface area contributed by atoms with Gasteiger partial charge in [-0.2, -0.15) is 0 Å². The minimum Gasteiger partial charge on any atom is -0.392 e. The molecular formula is C44H65N5O4. The highest BCUT2D eigenvalue weighted by Crippen LogP contribution is 2.42. The predicted molar refractivity (Wildman–Crippen MR) is 212 cm³/mol. The van der Waals surface area contributed by atoms with Crippen LogP contribution in [0.1, 0.15) is 138 Å². The highest BCUT2D eigenvalue weighted by molar-refractivity contribution is 5.75. The molecule has 2 aliphatic rings. The molecule has 2 N–H and O–H groups in total. The monoisotopic (exact) mass is 728 g/mol. The number of aliphatic hydroxyl groups excluding tert-OH is 1. The molecule has 290 valence electrons. The summed E-state index contributed by atoms with van der Waals surface area (Å²) in [6.07, 6.45) is 20.4. The molecule has 9 heteroatoms. The van der Waals surface area contributed by atoms with Crippen LogP contribution < -0.4 is 10.2 Å². The maximum atomic E-state index is 12.6. The van der Waals surface area contributed by atoms with Gasteiger partial charge in [-0.05, 0) is 29.2 Å². The van der Waals surface area contributed by atoms with E-state index in [-0.39, 0.29) is 30.6 Å². The first-order valence-electron chi connectivity index (χ1n) is 20.6. The van der Waals surface area contributed by atoms with Gasteiger partial charge in [0.15, 0.2) is 6.29 Å². The molecule has 0 radical (unpaired) electrons. The van der Waals surface area contributed by atoms with Crippen LogP contribution >= 0.6 is 0 Å². The van der Waals surface area contributed by atoms with E-state index in [0.29, 0.717) is 13.0 Å². The molecule has 0 bridgehead atoms. The third kappa shape index (κ3) is 13.5. The van der Waals surface area contributed by atoms with Crippen LogP contribution in [0.15, 0.2) is 67.0 Å². The van der Waals surface area contributed by atoms with Gasteiger partial charge in [0.1, 0.15) is 0 Å². The molecule has 53 heavy (non-hydrogen) atoms. The Kier molecular flexibility index (Phi) is 17.5. The number of nitrogens with zero attached hydrogens (tertiary/aromatic N) is 4. The van der Waals surface area contributed by atoms with Crippen molar-refractivity contribution in [3.63, 3.8) is 0 Å². The Morgan fingerprint density at radius 1 is 0.755 bits per heavy atom. The van der Waals surface area contributed by atoms with Gasteiger partial charge in [0.2, 0.25) is 11.9 Å². The van der Waals surface area contributed by atoms with Crippen LogP contribution in [-0.4, -0.2) is 64.7 Å². The summed E-state index contributed by atoms with van der Waals surface area (Å²) in [5.74, 6) is 1.03. The van der Waals surface area contributed by atoms with Crippen LogP contribution in [0.5, 0.6) is 0 Å². The lowest BCUT2D eigenvalue weighted by atomic mass is 9.90. The third-order valence-electron chi connectivity index (χ3n) is 11.0. The number of carbonyl (C=O) groups is 1. The van der Waals surface area contributed by atoms with E-state index in [9.17, 15) is 9.90 Å². The van der Waals surface area contributed by atoms with Crippen molar-refractivity contribution in [3.05, 3.63) is 89.2 Å². The number of piperazine rings is 1. The lowest BCUT2D eigenvalue weighted by molar-refractivity contribution is -0.276. The summed E-state index contributed by atoms with van der Waals surface area (Å²) in [4.78, 5) is 26.2. The Morgan fingerprint density at radius 2 is 1.32 bits per heavy atom. The molecule has 0 aliphatic carbocycles. The molecule has 3 heterocycles. The Balaban J connectivity index is 1.06. The van der Waals surface area contributed by atoms with Crippen LogP contribution in [0.3, 0.4) is 0 Å². The van der Waals surface area contributed by atoms with E-state index in [1.807, 2.05) is 18.2 Å². The molecule has 2 aliphatic heterocycles. The Morgan fingerprint density at radius 3 is 1.92 bits per heavy atom. The molecule has 4 unspecified atom stereocenters. The number of aromatic nitrogens is 2. The molecule has 0 saturated carbocycles. The van der Waals surface area contributed by atoms with Crippen LogP contribution in [0, 0.1) is 5.92 Å². The highest BCUT2D eigenvalue weighted by atomic mass is 16.7. The number of amides is 1. The quantitative estimate of drug-likeness (QED) is 0.0993. The van der Waals surface area contributed by atoms with E-state index in [2.05, 4.69) is 75.3 Å². The molecule has 5 rings (SSSR count). The molecule has 4 atom stereocenters. The first kappa shape index (κ1) is 40.8. The summed E-state index contributed by atoms with van der Waals surface area (Å²) >= 11 is 0. The zero-order valence-electron chi connectivity index (χ0n) is 32.5. The van der Waals surface area contributed by atoms with Crippen LogP contribution in [0.4, 0.5) is 5.95 Å². The van der Waals surface area contributed by atoms with Gasteiger partial charge in [-0.15, -0.1) is 0 Å². The second kappa shape index (κ2) is 22.8. The first-order valence-corrected chi connectivity index (χ1v) is 20.6. The maximum absolute atomic E-state index is 12.6. The van der Waals surface area contributed by atoms with Crippen LogP contribution in [0.2, 0.25) is 0 Å². The summed E-state index contributed by atoms with van der Waals surface area (Å²) < 4.78 is 13.4. The molecule has 1 amide bonds. The lowest BCUT2D eigenvalue weighted by Gasteiger charge is -2.44. The zero-order chi connectivity index (χ0) is 37.1. The fourth-order valence-electron chi connectivity index (χ4n) is 7.55. The van der Waals surface area contributed by atoms with Crippen molar-refractivity contribution in [1.82, 2.24) is 20.2 Å². The van der Waals surface area contributed by atoms with Gasteiger partial charge in [0.25, 0.3) is 0 Å². The van der Waals surface area contributed by atoms with E-state index >= 15 is 0 Å². The number of nitrogens with one attached hydrogen (secondary N) is 1. The van der Waals surface area contributed by atoms with Crippen molar-refractivity contribution in [1.29, 1.82) is 0 Å². The van der Waals surface area contributed by atoms with Gasteiger partial charge in [0.05, 0.1) is 18.8 Å². The topological polar surface area (TPSA) is 100 Å². The summed E-state index contributed by atoms with van der Waals surface area (Å²) in [6.45, 7) is 9.38. The van der Waals surface area contributed by atoms with Crippen LogP contribution in [-0.2, 0) is 27.4 Å². The standard InChI is InChI=1S/C44H65N5O4/c1-3-4-5-6-7-8-9-10-11-12-13-14-15-17-41(51)47-32-36-18-24-39(25-19-36)43-52-40(35(2)42(53-43)38-22-20-37(34-50)21-23-38)33-48-28-30-49(31-29-48)44-45-26-16-27-46-44/h16,18-27,35,40,42-43,50H,3-15,17,28-34H2,1-2H3,(H,47,51). The minimum absolute atomic E-state index is 0.0158. The number of hydrogen-bond acceptors (Lipinski definition) is 8. The molecule has 3 aromatic rings. The third-order valence-corrected chi connectivity index (χ3v) is 11.0. The number of hydrogen-bond donors (Lipinski definition) is 2. The summed E-state index contributed by atoms with van der Waals surface area (Å²) in [7, 11) is 0. The molecule has 1 aromatic heterocycles. The molecule has 2 aromatic carbocycles. The SMILES string of the molecule is CCCCCCCCCCCCCCCC(=O)NCc1ccc(C2OC(CN3CCN(c4ncccn4)CC3)C(C)C(c3ccc(CO)cc3)O2)cc1. The molecule has 2 saturated heterocycles. The number of rotatable bonds is 22. The normalized spacial score (nSPS) is 20.8. The second-order valence-corrected chi connectivity index (χ2v) is 15.2. The summed E-state index contributed by atoms with van der Waals surface area (Å²) in [6, 6.07) is 18.2. The minimum atomic E-state index is -0.517. The van der Waals surface area contributed by atoms with Crippen molar-refractivity contribution >= 4 is 11.9 Å². The first-order chi connectivity index (χ1) is 26.0. The van der Waals surface area contributed by atoms with E-state index < -0.39 is 6.29 Å². The molecule has 2 fully saturated rings. The summed E-state index contributed by atoms with van der Waals surface area (Å²) in [5, 5.41) is 12.7. The Labute approximate surface area is 318 Å². The van der Waals surface area contributed by atoms with Gasteiger partial charge < -0.3 is 24.8 Å². The number of unbranched alkanes of at least 4 members (excludes halogenated alkanes) is 12. The predicted octanol–water partition coefficient (Wildman–Crippen LogP) is 8.68. The fraction of sp³-hybridized carbons (Fsp3) is 0.614. The molecule has 9 nitrogen and oxygen atoms in total.